The predicted octanol–water partition coefficient (Wildman–Crippen LogP) is -1.09. The van der Waals surface area contributed by atoms with Crippen LogP contribution in [0.15, 0.2) is 23.1 Å². The number of carbonyl (C=O) groups is 2. The molecule has 0 aliphatic carbocycles. The van der Waals surface area contributed by atoms with E-state index in [9.17, 15) is 14.4 Å². The van der Waals surface area contributed by atoms with Crippen LogP contribution < -0.4 is 16.6 Å². The molecule has 0 unspecified atom stereocenters. The van der Waals surface area contributed by atoms with Crippen molar-refractivity contribution in [3.05, 3.63) is 34.2 Å². The van der Waals surface area contributed by atoms with E-state index in [-0.39, 0.29) is 12.1 Å². The first-order chi connectivity index (χ1) is 7.54. The fraction of sp³-hybridized carbons (Fsp3) is 0.111. The maximum atomic E-state index is 11.5. The minimum atomic E-state index is -0.991. The van der Waals surface area contributed by atoms with Crippen LogP contribution in [0.1, 0.15) is 5.56 Å². The van der Waals surface area contributed by atoms with E-state index in [0.29, 0.717) is 0 Å². The standard InChI is InChI=1S/C9H8N4O3/c10-4-6-2-1-3-13(8(6)15)5-7(14)12-9(11)16/h1-3H,5H2,(H3,11,12,14,16). The summed E-state index contributed by atoms with van der Waals surface area (Å²) in [6.45, 7) is -0.364. The lowest BCUT2D eigenvalue weighted by molar-refractivity contribution is -0.120. The zero-order chi connectivity index (χ0) is 12.1. The van der Waals surface area contributed by atoms with E-state index in [0.717, 1.165) is 4.57 Å². The Morgan fingerprint density at radius 2 is 2.25 bits per heavy atom. The van der Waals surface area contributed by atoms with E-state index in [4.69, 9.17) is 11.0 Å². The SMILES string of the molecule is N#Cc1cccn(CC(=O)NC(N)=O)c1=O. The number of primary amides is 1. The Balaban J connectivity index is 2.91. The Morgan fingerprint density at radius 1 is 1.56 bits per heavy atom. The minimum absolute atomic E-state index is 0.0747. The first-order valence-electron chi connectivity index (χ1n) is 4.23. The summed E-state index contributed by atoms with van der Waals surface area (Å²) in [5.41, 5.74) is 4.06. The van der Waals surface area contributed by atoms with Gasteiger partial charge in [0.2, 0.25) is 5.91 Å². The van der Waals surface area contributed by atoms with E-state index in [1.165, 1.54) is 18.3 Å². The second-order valence-corrected chi connectivity index (χ2v) is 2.88. The number of urea groups is 1. The molecule has 0 aromatic carbocycles. The summed E-state index contributed by atoms with van der Waals surface area (Å²) in [5, 5.41) is 10.4. The highest BCUT2D eigenvalue weighted by atomic mass is 16.2. The maximum Gasteiger partial charge on any atom is 0.318 e. The van der Waals surface area contributed by atoms with Crippen LogP contribution in [0.2, 0.25) is 0 Å². The lowest BCUT2D eigenvalue weighted by Crippen LogP contribution is -2.39. The summed E-state index contributed by atoms with van der Waals surface area (Å²) < 4.78 is 1.01. The van der Waals surface area contributed by atoms with Crippen molar-refractivity contribution in [2.75, 3.05) is 0 Å². The number of hydrogen-bond acceptors (Lipinski definition) is 4. The Kier molecular flexibility index (Phi) is 3.40. The normalized spacial score (nSPS) is 9.19. The van der Waals surface area contributed by atoms with E-state index >= 15 is 0 Å². The summed E-state index contributed by atoms with van der Waals surface area (Å²) in [5.74, 6) is -0.718. The largest absolute Gasteiger partial charge is 0.351 e. The van der Waals surface area contributed by atoms with Gasteiger partial charge >= 0.3 is 6.03 Å². The van der Waals surface area contributed by atoms with E-state index in [2.05, 4.69) is 0 Å². The summed E-state index contributed by atoms with van der Waals surface area (Å²) in [4.78, 5) is 32.9. The number of pyridine rings is 1. The molecule has 0 atom stereocenters. The van der Waals surface area contributed by atoms with Gasteiger partial charge in [-0.3, -0.25) is 14.9 Å². The number of imide groups is 1. The van der Waals surface area contributed by atoms with Crippen molar-refractivity contribution in [3.63, 3.8) is 0 Å². The summed E-state index contributed by atoms with van der Waals surface area (Å²) in [6.07, 6.45) is 1.34. The molecule has 0 saturated carbocycles. The molecule has 0 aliphatic heterocycles. The van der Waals surface area contributed by atoms with Gasteiger partial charge in [-0.1, -0.05) is 0 Å². The number of carbonyl (C=O) groups excluding carboxylic acids is 2. The average molecular weight is 220 g/mol. The van der Waals surface area contributed by atoms with Crippen LogP contribution >= 0.6 is 0 Å². The van der Waals surface area contributed by atoms with Crippen LogP contribution in [0.25, 0.3) is 0 Å². The number of nitriles is 1. The minimum Gasteiger partial charge on any atom is -0.351 e. The second-order valence-electron chi connectivity index (χ2n) is 2.88. The molecule has 0 spiro atoms. The van der Waals surface area contributed by atoms with Gasteiger partial charge in [0.25, 0.3) is 5.56 Å². The fourth-order valence-electron chi connectivity index (χ4n) is 1.08. The number of nitrogens with zero attached hydrogens (tertiary/aromatic N) is 2. The number of aromatic nitrogens is 1. The zero-order valence-corrected chi connectivity index (χ0v) is 8.14. The van der Waals surface area contributed by atoms with Crippen LogP contribution in [-0.4, -0.2) is 16.5 Å². The van der Waals surface area contributed by atoms with Crippen LogP contribution in [0, 0.1) is 11.3 Å². The first-order valence-corrected chi connectivity index (χ1v) is 4.23. The third kappa shape index (κ3) is 2.68. The molecular weight excluding hydrogens is 212 g/mol. The van der Waals surface area contributed by atoms with Gasteiger partial charge in [0.15, 0.2) is 0 Å². The van der Waals surface area contributed by atoms with Crippen LogP contribution in [0.5, 0.6) is 0 Å². The van der Waals surface area contributed by atoms with Gasteiger partial charge in [-0.05, 0) is 12.1 Å². The molecule has 0 radical (unpaired) electrons. The Labute approximate surface area is 90.1 Å². The van der Waals surface area contributed by atoms with Crippen LogP contribution in [-0.2, 0) is 11.3 Å². The lowest BCUT2D eigenvalue weighted by atomic mass is 10.3. The highest BCUT2D eigenvalue weighted by Crippen LogP contribution is 1.89. The number of nitrogens with one attached hydrogen (secondary N) is 1. The van der Waals surface area contributed by atoms with Gasteiger partial charge < -0.3 is 10.3 Å². The third-order valence-corrected chi connectivity index (χ3v) is 1.72. The molecule has 1 heterocycles. The molecule has 3 amide bonds. The van der Waals surface area contributed by atoms with Crippen molar-refractivity contribution in [2.24, 2.45) is 5.73 Å². The van der Waals surface area contributed by atoms with Crippen molar-refractivity contribution in [2.45, 2.75) is 6.54 Å². The van der Waals surface area contributed by atoms with Crippen molar-refractivity contribution in [1.82, 2.24) is 9.88 Å². The van der Waals surface area contributed by atoms with Gasteiger partial charge in [0, 0.05) is 6.20 Å². The predicted molar refractivity (Wildman–Crippen MR) is 53.1 cm³/mol. The number of rotatable bonds is 2. The highest BCUT2D eigenvalue weighted by Gasteiger charge is 2.08. The summed E-state index contributed by atoms with van der Waals surface area (Å²) >= 11 is 0. The molecule has 7 nitrogen and oxygen atoms in total. The van der Waals surface area contributed by atoms with Gasteiger partial charge in [-0.15, -0.1) is 0 Å². The van der Waals surface area contributed by atoms with Crippen molar-refractivity contribution in [1.29, 1.82) is 5.26 Å². The molecule has 82 valence electrons. The Bertz CT molecular complexity index is 526. The van der Waals surface area contributed by atoms with Gasteiger partial charge in [0.05, 0.1) is 0 Å². The number of nitrogens with two attached hydrogens (primary N) is 1. The molecule has 1 aromatic heterocycles. The topological polar surface area (TPSA) is 118 Å². The summed E-state index contributed by atoms with van der Waals surface area (Å²) in [7, 11) is 0. The quantitative estimate of drug-likeness (QED) is 0.658. The monoisotopic (exact) mass is 220 g/mol. The molecule has 16 heavy (non-hydrogen) atoms. The average Bonchev–Trinajstić information content (AvgIpc) is 2.20. The zero-order valence-electron chi connectivity index (χ0n) is 8.14. The lowest BCUT2D eigenvalue weighted by Gasteiger charge is -2.04. The van der Waals surface area contributed by atoms with Crippen LogP contribution in [0.4, 0.5) is 4.79 Å². The molecule has 1 aromatic rings. The molecule has 0 fully saturated rings. The molecule has 1 rings (SSSR count). The van der Waals surface area contributed by atoms with E-state index in [1.54, 1.807) is 6.07 Å². The molecule has 3 N–H and O–H groups in total. The van der Waals surface area contributed by atoms with Crippen molar-refractivity contribution >= 4 is 11.9 Å². The van der Waals surface area contributed by atoms with Crippen molar-refractivity contribution in [3.8, 4) is 6.07 Å². The fourth-order valence-corrected chi connectivity index (χ4v) is 1.08. The van der Waals surface area contributed by atoms with Gasteiger partial charge in [-0.2, -0.15) is 5.26 Å². The van der Waals surface area contributed by atoms with E-state index in [1.807, 2.05) is 5.32 Å². The second kappa shape index (κ2) is 4.75. The van der Waals surface area contributed by atoms with Crippen LogP contribution in [0.3, 0.4) is 0 Å². The Hall–Kier alpha value is -2.62. The van der Waals surface area contributed by atoms with Crippen molar-refractivity contribution < 1.29 is 9.59 Å². The third-order valence-electron chi connectivity index (χ3n) is 1.72. The number of amides is 3. The molecule has 0 saturated heterocycles. The molecular formula is C9H8N4O3. The van der Waals surface area contributed by atoms with Gasteiger partial charge in [-0.25, -0.2) is 4.79 Å². The smallest absolute Gasteiger partial charge is 0.318 e. The molecule has 0 aliphatic rings. The maximum absolute atomic E-state index is 11.5. The van der Waals surface area contributed by atoms with Gasteiger partial charge in [0.1, 0.15) is 18.2 Å². The number of hydrogen-bond donors (Lipinski definition) is 2. The Morgan fingerprint density at radius 3 is 2.81 bits per heavy atom. The molecule has 7 heteroatoms. The summed E-state index contributed by atoms with van der Waals surface area (Å²) in [6, 6.07) is 3.50. The van der Waals surface area contributed by atoms with E-state index < -0.39 is 17.5 Å². The first kappa shape index (κ1) is 11.5. The highest BCUT2D eigenvalue weighted by molar-refractivity contribution is 5.93. The molecule has 0 bridgehead atoms.